The van der Waals surface area contributed by atoms with Gasteiger partial charge in [-0.1, -0.05) is 11.6 Å². The number of piperidine rings is 1. The molecule has 1 amide bonds. The SMILES string of the molecule is CCOC(=O)[C@H]1CCCN(C(=O)Cn2c(=O)c3cnc(-c4ccc(Cl)cc4)nc3n(CC)c2=O)C1. The highest BCUT2D eigenvalue weighted by molar-refractivity contribution is 6.30. The molecule has 0 saturated carbocycles. The van der Waals surface area contributed by atoms with Crippen molar-refractivity contribution < 1.29 is 14.3 Å². The zero-order chi connectivity index (χ0) is 25.1. The number of hydrogen-bond donors (Lipinski definition) is 0. The smallest absolute Gasteiger partial charge is 0.333 e. The molecule has 1 fully saturated rings. The Balaban J connectivity index is 1.67. The Morgan fingerprint density at radius 2 is 1.89 bits per heavy atom. The number of benzene rings is 1. The Bertz CT molecular complexity index is 1380. The van der Waals surface area contributed by atoms with Gasteiger partial charge in [-0.2, -0.15) is 0 Å². The maximum absolute atomic E-state index is 13.2. The normalized spacial score (nSPS) is 15.9. The predicted molar refractivity (Wildman–Crippen MR) is 130 cm³/mol. The molecule has 3 heterocycles. The molecule has 0 radical (unpaired) electrons. The Morgan fingerprint density at radius 3 is 2.57 bits per heavy atom. The Labute approximate surface area is 206 Å². The van der Waals surface area contributed by atoms with Crippen molar-refractivity contribution in [3.05, 3.63) is 56.3 Å². The molecule has 10 nitrogen and oxygen atoms in total. The topological polar surface area (TPSA) is 116 Å². The second-order valence-electron chi connectivity index (χ2n) is 8.29. The first-order valence-corrected chi connectivity index (χ1v) is 11.9. The van der Waals surface area contributed by atoms with Crippen molar-refractivity contribution in [2.75, 3.05) is 19.7 Å². The van der Waals surface area contributed by atoms with E-state index >= 15 is 0 Å². The van der Waals surface area contributed by atoms with Crippen molar-refractivity contribution in [1.82, 2.24) is 24.0 Å². The minimum absolute atomic E-state index is 0.139. The third-order valence-corrected chi connectivity index (χ3v) is 6.32. The molecule has 0 spiro atoms. The minimum Gasteiger partial charge on any atom is -0.466 e. The molecule has 3 aromatic rings. The van der Waals surface area contributed by atoms with Crippen LogP contribution in [0.5, 0.6) is 0 Å². The fraction of sp³-hybridized carbons (Fsp3) is 0.417. The fourth-order valence-corrected chi connectivity index (χ4v) is 4.38. The van der Waals surface area contributed by atoms with Gasteiger partial charge < -0.3 is 9.64 Å². The summed E-state index contributed by atoms with van der Waals surface area (Å²) in [6.45, 7) is 4.24. The van der Waals surface area contributed by atoms with E-state index in [1.165, 1.54) is 15.7 Å². The number of esters is 1. The summed E-state index contributed by atoms with van der Waals surface area (Å²) in [5, 5.41) is 0.704. The highest BCUT2D eigenvalue weighted by atomic mass is 35.5. The van der Waals surface area contributed by atoms with Gasteiger partial charge in [0.2, 0.25) is 5.91 Å². The molecule has 0 unspecified atom stereocenters. The van der Waals surface area contributed by atoms with Crippen LogP contribution >= 0.6 is 11.6 Å². The average molecular weight is 500 g/mol. The third-order valence-electron chi connectivity index (χ3n) is 6.07. The number of hydrogen-bond acceptors (Lipinski definition) is 7. The second kappa shape index (κ2) is 10.4. The van der Waals surface area contributed by atoms with Crippen LogP contribution in [0.3, 0.4) is 0 Å². The molecule has 1 saturated heterocycles. The lowest BCUT2D eigenvalue weighted by Crippen LogP contribution is -2.48. The van der Waals surface area contributed by atoms with E-state index in [-0.39, 0.29) is 36.7 Å². The number of nitrogens with zero attached hydrogens (tertiary/aromatic N) is 5. The van der Waals surface area contributed by atoms with Crippen LogP contribution in [-0.4, -0.2) is 55.6 Å². The van der Waals surface area contributed by atoms with Crippen LogP contribution in [0.2, 0.25) is 5.02 Å². The average Bonchev–Trinajstić information content (AvgIpc) is 2.87. The largest absolute Gasteiger partial charge is 0.466 e. The van der Waals surface area contributed by atoms with Gasteiger partial charge in [0, 0.05) is 36.4 Å². The van der Waals surface area contributed by atoms with Crippen LogP contribution in [0.4, 0.5) is 0 Å². The van der Waals surface area contributed by atoms with E-state index in [0.29, 0.717) is 35.8 Å². The van der Waals surface area contributed by atoms with Gasteiger partial charge in [-0.3, -0.25) is 23.5 Å². The maximum Gasteiger partial charge on any atom is 0.333 e. The number of amides is 1. The molecule has 1 aliphatic heterocycles. The molecule has 11 heteroatoms. The van der Waals surface area contributed by atoms with E-state index in [1.807, 2.05) is 0 Å². The summed E-state index contributed by atoms with van der Waals surface area (Å²) in [5.74, 6) is -0.802. The molecule has 4 rings (SSSR count). The lowest BCUT2D eigenvalue weighted by molar-refractivity contribution is -0.151. The van der Waals surface area contributed by atoms with Crippen molar-refractivity contribution in [1.29, 1.82) is 0 Å². The number of carbonyl (C=O) groups is 2. The molecule has 0 bridgehead atoms. The summed E-state index contributed by atoms with van der Waals surface area (Å²) in [5.41, 5.74) is -0.374. The van der Waals surface area contributed by atoms with Crippen molar-refractivity contribution in [3.63, 3.8) is 0 Å². The summed E-state index contributed by atoms with van der Waals surface area (Å²) < 4.78 is 7.35. The van der Waals surface area contributed by atoms with Crippen LogP contribution in [0.15, 0.2) is 40.1 Å². The summed E-state index contributed by atoms with van der Waals surface area (Å²) in [7, 11) is 0. The first-order valence-electron chi connectivity index (χ1n) is 11.5. The molecule has 1 aliphatic rings. The van der Waals surface area contributed by atoms with Gasteiger partial charge >= 0.3 is 11.7 Å². The van der Waals surface area contributed by atoms with E-state index in [2.05, 4.69) is 9.97 Å². The minimum atomic E-state index is -0.635. The van der Waals surface area contributed by atoms with Crippen LogP contribution in [0.1, 0.15) is 26.7 Å². The number of likely N-dealkylation sites (tertiary alicyclic amines) is 1. The van der Waals surface area contributed by atoms with Gasteiger partial charge in [0.05, 0.1) is 12.5 Å². The van der Waals surface area contributed by atoms with E-state index in [0.717, 1.165) is 4.57 Å². The van der Waals surface area contributed by atoms with Crippen molar-refractivity contribution in [2.45, 2.75) is 39.8 Å². The molecule has 35 heavy (non-hydrogen) atoms. The number of rotatable bonds is 6. The van der Waals surface area contributed by atoms with E-state index in [1.54, 1.807) is 38.1 Å². The molecule has 1 aromatic carbocycles. The summed E-state index contributed by atoms with van der Waals surface area (Å²) in [6, 6.07) is 6.90. The van der Waals surface area contributed by atoms with E-state index in [9.17, 15) is 19.2 Å². The van der Waals surface area contributed by atoms with Crippen LogP contribution in [-0.2, 0) is 27.4 Å². The fourth-order valence-electron chi connectivity index (χ4n) is 4.25. The number of ether oxygens (including phenoxy) is 1. The molecular formula is C24H26ClN5O5. The Hall–Kier alpha value is -3.53. The Kier molecular flexibility index (Phi) is 7.30. The zero-order valence-corrected chi connectivity index (χ0v) is 20.3. The molecule has 0 aliphatic carbocycles. The first-order chi connectivity index (χ1) is 16.8. The first kappa shape index (κ1) is 24.6. The number of halogens is 1. The zero-order valence-electron chi connectivity index (χ0n) is 19.6. The molecule has 184 valence electrons. The van der Waals surface area contributed by atoms with Gasteiger partial charge in [-0.25, -0.2) is 14.8 Å². The molecular weight excluding hydrogens is 474 g/mol. The second-order valence-corrected chi connectivity index (χ2v) is 8.72. The van der Waals surface area contributed by atoms with Crippen LogP contribution < -0.4 is 11.2 Å². The predicted octanol–water partition coefficient (Wildman–Crippen LogP) is 2.10. The van der Waals surface area contributed by atoms with E-state index in [4.69, 9.17) is 16.3 Å². The van der Waals surface area contributed by atoms with Gasteiger partial charge in [0.1, 0.15) is 11.9 Å². The quantitative estimate of drug-likeness (QED) is 0.477. The summed E-state index contributed by atoms with van der Waals surface area (Å²) >= 11 is 5.95. The lowest BCUT2D eigenvalue weighted by Gasteiger charge is -2.31. The maximum atomic E-state index is 13.2. The van der Waals surface area contributed by atoms with Gasteiger partial charge in [0.15, 0.2) is 11.5 Å². The summed E-state index contributed by atoms with van der Waals surface area (Å²) in [4.78, 5) is 61.8. The van der Waals surface area contributed by atoms with Gasteiger partial charge in [-0.05, 0) is 51.0 Å². The molecule has 0 N–H and O–H groups in total. The van der Waals surface area contributed by atoms with Crippen molar-refractivity contribution in [3.8, 4) is 11.4 Å². The van der Waals surface area contributed by atoms with Crippen molar-refractivity contribution in [2.24, 2.45) is 5.92 Å². The number of aromatic nitrogens is 4. The van der Waals surface area contributed by atoms with Gasteiger partial charge in [-0.15, -0.1) is 0 Å². The number of carbonyl (C=O) groups excluding carboxylic acids is 2. The highest BCUT2D eigenvalue weighted by Crippen LogP contribution is 2.20. The Morgan fingerprint density at radius 1 is 1.14 bits per heavy atom. The summed E-state index contributed by atoms with van der Waals surface area (Å²) in [6.07, 6.45) is 2.65. The van der Waals surface area contributed by atoms with Crippen LogP contribution in [0.25, 0.3) is 22.4 Å². The molecule has 1 atom stereocenters. The monoisotopic (exact) mass is 499 g/mol. The standard InChI is InChI=1S/C24H26ClN5O5/c1-3-29-21-18(12-26-20(27-21)15-7-9-17(25)10-8-15)22(32)30(24(29)34)14-19(31)28-11-5-6-16(13-28)23(33)35-4-2/h7-10,12,16H,3-6,11,13-14H2,1-2H3/t16-/m0/s1. The van der Waals surface area contributed by atoms with Gasteiger partial charge in [0.25, 0.3) is 5.56 Å². The number of fused-ring (bicyclic) bond motifs is 1. The number of aryl methyl sites for hydroxylation is 1. The molecule has 2 aromatic heterocycles. The highest BCUT2D eigenvalue weighted by Gasteiger charge is 2.30. The van der Waals surface area contributed by atoms with Crippen LogP contribution in [0, 0.1) is 5.92 Å². The third kappa shape index (κ3) is 4.97. The van der Waals surface area contributed by atoms with Crippen molar-refractivity contribution >= 4 is 34.5 Å². The van der Waals surface area contributed by atoms with E-state index < -0.39 is 29.6 Å². The lowest BCUT2D eigenvalue weighted by atomic mass is 9.98.